The van der Waals surface area contributed by atoms with E-state index in [1.54, 1.807) is 59.0 Å². The van der Waals surface area contributed by atoms with Gasteiger partial charge >= 0.3 is 12.1 Å². The second-order valence-electron chi connectivity index (χ2n) is 23.8. The summed E-state index contributed by atoms with van der Waals surface area (Å²) in [7, 11) is 7.16. The predicted octanol–water partition coefficient (Wildman–Crippen LogP) is 7.10. The molecule has 5 fully saturated rings. The third-order valence-corrected chi connectivity index (χ3v) is 19.6. The van der Waals surface area contributed by atoms with E-state index in [9.17, 15) is 53.1 Å². The summed E-state index contributed by atoms with van der Waals surface area (Å²) in [5.41, 5.74) is -1.13. The van der Waals surface area contributed by atoms with E-state index in [-0.39, 0.29) is 89.4 Å². The first-order valence-corrected chi connectivity index (χ1v) is 30.5. The van der Waals surface area contributed by atoms with Gasteiger partial charge in [0.05, 0.1) is 30.6 Å². The number of esters is 1. The van der Waals surface area contributed by atoms with Crippen LogP contribution in [0.3, 0.4) is 0 Å². The van der Waals surface area contributed by atoms with Crippen molar-refractivity contribution in [3.63, 3.8) is 0 Å². The van der Waals surface area contributed by atoms with Crippen molar-refractivity contribution < 1.29 is 78.1 Å². The van der Waals surface area contributed by atoms with Gasteiger partial charge in [-0.3, -0.25) is 53.5 Å². The molecule has 2 saturated carbocycles. The van der Waals surface area contributed by atoms with E-state index in [2.05, 4.69) is 5.32 Å². The van der Waals surface area contributed by atoms with Crippen molar-refractivity contribution >= 4 is 88.1 Å². The van der Waals surface area contributed by atoms with Gasteiger partial charge in [0, 0.05) is 90.6 Å². The summed E-state index contributed by atoms with van der Waals surface area (Å²) >= 11 is 8.04. The molecular weight excluding hydrogens is 1140 g/mol. The second kappa shape index (κ2) is 29.2. The number of fused-ring (bicyclic) bond motifs is 5. The fraction of sp³-hybridized carbons (Fsp3) is 0.645. The monoisotopic (exact) mass is 1220 g/mol. The standard InChI is InChI=1S/C48H65ClN4O13S.C13H17NO3.CH4/c1-26-11-10-12-37(63-9)48(61)24-35(64-46(60)50-48)27(2)43-47(5,66-43)38(23-40(56)52(7)33-20-31(19-26)21-34(62-8)42(33)49)65-45(59)28(3)51(6)39(55)17-18-67-36-22-41(57)53(44(36)58)25-30-13-15-32(16-14-30)29(4)54;1-9(15)11-4-2-10(3-5-11)8-14-12(16)6-7-13(14)17;/h10-12,20-21,27-28,30,32,35-38,43,61H,13-19,22-25H2,1-9H3,(H,50,60);6-7,10-11H,2-5,8H2,1H3;1H4/b12-10+,26-11+;;/t27-,28+,30?,32?,35+,36?,37-,38+,43+,47-,48+;;/m1../s1/i;;1D. The van der Waals surface area contributed by atoms with E-state index in [0.29, 0.717) is 36.9 Å². The number of ketones is 2. The molecule has 0 radical (unpaired) electrons. The molecule has 7 amide bonds. The summed E-state index contributed by atoms with van der Waals surface area (Å²) in [4.78, 5) is 132. The number of rotatable bonds is 15. The fourth-order valence-electron chi connectivity index (χ4n) is 12.3. The summed E-state index contributed by atoms with van der Waals surface area (Å²) in [6.45, 7) is 11.0. The number of imide groups is 2. The number of nitrogens with zero attached hydrogens (tertiary/aromatic N) is 4. The van der Waals surface area contributed by atoms with Gasteiger partial charge in [0.25, 0.3) is 11.8 Å². The molecule has 3 saturated heterocycles. The third-order valence-electron chi connectivity index (χ3n) is 18.0. The van der Waals surface area contributed by atoms with Crippen LogP contribution in [0.5, 0.6) is 5.75 Å². The number of anilines is 1. The number of thioether (sulfide) groups is 1. The van der Waals surface area contributed by atoms with Crippen LogP contribution in [-0.2, 0) is 68.5 Å². The number of alkyl carbamates (subject to hydrolysis) is 1. The molecule has 21 nitrogen and oxygen atoms in total. The van der Waals surface area contributed by atoms with Gasteiger partial charge in [0.1, 0.15) is 52.3 Å². The lowest BCUT2D eigenvalue weighted by Crippen LogP contribution is -2.63. The van der Waals surface area contributed by atoms with Crippen LogP contribution in [-0.4, -0.2) is 173 Å². The number of likely N-dealkylation sites (tertiary alicyclic amines) is 1. The number of amides is 7. The molecule has 4 bridgehead atoms. The Morgan fingerprint density at radius 1 is 0.918 bits per heavy atom. The number of carbonyl (C=O) groups is 10. The molecule has 7 aliphatic rings. The molecule has 1 unspecified atom stereocenters. The molecule has 1 aromatic carbocycles. The van der Waals surface area contributed by atoms with Crippen molar-refractivity contribution in [2.75, 3.05) is 52.1 Å². The zero-order chi connectivity index (χ0) is 63.5. The van der Waals surface area contributed by atoms with Crippen molar-refractivity contribution in [2.24, 2.45) is 29.6 Å². The molecule has 468 valence electrons. The average Bonchev–Trinajstić information content (AvgIpc) is 1.79. The number of hydrogen-bond acceptors (Lipinski definition) is 17. The lowest BCUT2D eigenvalue weighted by Gasteiger charge is -2.42. The minimum atomic E-state index is -1.87. The predicted molar refractivity (Wildman–Crippen MR) is 318 cm³/mol. The van der Waals surface area contributed by atoms with Gasteiger partial charge in [0.2, 0.25) is 23.6 Å². The summed E-state index contributed by atoms with van der Waals surface area (Å²) < 4.78 is 35.2. The highest BCUT2D eigenvalue weighted by Crippen LogP contribution is 2.49. The Morgan fingerprint density at radius 3 is 2.07 bits per heavy atom. The number of methoxy groups -OCH3 is 2. The van der Waals surface area contributed by atoms with E-state index < -0.39 is 76.8 Å². The summed E-state index contributed by atoms with van der Waals surface area (Å²) in [6, 6.07) is 2.43. The number of epoxide rings is 1. The van der Waals surface area contributed by atoms with Gasteiger partial charge in [0.15, 0.2) is 5.72 Å². The zero-order valence-electron chi connectivity index (χ0n) is 51.9. The Labute approximate surface area is 509 Å². The van der Waals surface area contributed by atoms with Crippen molar-refractivity contribution in [1.82, 2.24) is 20.0 Å². The first-order chi connectivity index (χ1) is 40.7. The number of halogens is 1. The van der Waals surface area contributed by atoms with E-state index >= 15 is 0 Å². The van der Waals surface area contributed by atoms with Gasteiger partial charge in [-0.25, -0.2) is 9.59 Å². The Balaban J connectivity index is 0.000000528. The largest absolute Gasteiger partial charge is 0.495 e. The Bertz CT molecular complexity index is 2800. The highest BCUT2D eigenvalue weighted by molar-refractivity contribution is 8.00. The minimum absolute atomic E-state index is 0.0292. The topological polar surface area (TPSA) is 265 Å². The van der Waals surface area contributed by atoms with E-state index in [4.69, 9.17) is 36.7 Å². The number of nitrogens with one attached hydrogen (secondary N) is 1. The van der Waals surface area contributed by atoms with Crippen molar-refractivity contribution in [3.05, 3.63) is 58.7 Å². The Kier molecular flexibility index (Phi) is 22.8. The zero-order valence-corrected chi connectivity index (χ0v) is 52.4. The van der Waals surface area contributed by atoms with Crippen LogP contribution in [0.4, 0.5) is 10.5 Å². The highest BCUT2D eigenvalue weighted by Gasteiger charge is 2.64. The van der Waals surface area contributed by atoms with Crippen LogP contribution in [0.25, 0.3) is 0 Å². The van der Waals surface area contributed by atoms with Crippen LogP contribution in [0.15, 0.2) is 48.1 Å². The smallest absolute Gasteiger partial charge is 0.409 e. The third kappa shape index (κ3) is 16.4. The minimum Gasteiger partial charge on any atom is -0.495 e. The second-order valence-corrected chi connectivity index (χ2v) is 25.5. The first kappa shape index (κ1) is 66.6. The summed E-state index contributed by atoms with van der Waals surface area (Å²) in [6.07, 6.45) is 9.89. The van der Waals surface area contributed by atoms with Crippen molar-refractivity contribution in [2.45, 2.75) is 179 Å². The average molecular weight is 1230 g/mol. The van der Waals surface area contributed by atoms with Crippen molar-refractivity contribution in [1.29, 1.82) is 0 Å². The van der Waals surface area contributed by atoms with Crippen LogP contribution in [0.1, 0.15) is 133 Å². The molecule has 0 spiro atoms. The van der Waals surface area contributed by atoms with Gasteiger partial charge in [-0.15, -0.1) is 11.8 Å². The molecule has 8 rings (SSSR count). The maximum Gasteiger partial charge on any atom is 0.409 e. The number of benzene rings is 1. The van der Waals surface area contributed by atoms with Gasteiger partial charge in [-0.2, -0.15) is 0 Å². The number of allylic oxidation sites excluding steroid dienone is 3. The number of hydrogen-bond donors (Lipinski definition) is 2. The number of likely N-dealkylation sites (N-methyl/N-ethyl adjacent to an activating group) is 1. The molecule has 5 aliphatic heterocycles. The van der Waals surface area contributed by atoms with Gasteiger partial charge < -0.3 is 38.6 Å². The lowest BCUT2D eigenvalue weighted by atomic mass is 9.80. The maximum atomic E-state index is 14.3. The van der Waals surface area contributed by atoms with Gasteiger partial charge in [-0.1, -0.05) is 49.7 Å². The molecular formula is C62H86ClN5O16S. The summed E-state index contributed by atoms with van der Waals surface area (Å²) in [5, 5.41) is 13.9. The van der Waals surface area contributed by atoms with E-state index in [0.717, 1.165) is 62.5 Å². The number of Topliss-reactive ketones (excluding diaryl/α,β-unsaturated/α-hetero) is 2. The molecule has 85 heavy (non-hydrogen) atoms. The molecule has 5 heterocycles. The molecule has 0 aromatic heterocycles. The normalized spacial score (nSPS) is 31.9. The Morgan fingerprint density at radius 2 is 1.51 bits per heavy atom. The number of aliphatic hydroxyl groups is 1. The van der Waals surface area contributed by atoms with Gasteiger partial charge in [-0.05, 0) is 122 Å². The first-order valence-electron chi connectivity index (χ1n) is 30.0. The molecule has 1 aromatic rings. The quantitative estimate of drug-likeness (QED) is 0.101. The lowest BCUT2D eigenvalue weighted by molar-refractivity contribution is -0.162. The Hall–Kier alpha value is -5.94. The molecule has 2 aliphatic carbocycles. The van der Waals surface area contributed by atoms with E-state index in [1.165, 1.54) is 79.1 Å². The molecule has 2 N–H and O–H groups in total. The molecule has 9 atom stereocenters. The van der Waals surface area contributed by atoms with Crippen LogP contribution in [0.2, 0.25) is 5.02 Å². The SMILES string of the molecule is CC(=O)C1CCC(CN2C(=O)C=CC2=O)CC1.COc1cc2cc(c1Cl)N(C)C(=O)C[C@H](OC(=O)[C@H](C)N(C)C(=O)CCSC1CC(=O)N(CC3CCC(C(C)=O)CC3)C1=O)[C@@]1(C)O[C@H]1[C@H](C)[C@@H]1C[C@@](O)(NC(=O)O1)[C@H](OC)/C=C/C=C(\C)C2.[2H]C. The van der Waals surface area contributed by atoms with Crippen LogP contribution < -0.4 is 15.0 Å². The highest BCUT2D eigenvalue weighted by atomic mass is 35.5. The van der Waals surface area contributed by atoms with E-state index in [1.807, 2.05) is 13.0 Å². The molecule has 23 heteroatoms. The number of ether oxygens (including phenoxy) is 5. The summed E-state index contributed by atoms with van der Waals surface area (Å²) in [5.74, 6) is -1.44. The van der Waals surface area contributed by atoms with Crippen LogP contribution in [0, 0.1) is 29.6 Å². The fourth-order valence-corrected chi connectivity index (χ4v) is 13.7. The van der Waals surface area contributed by atoms with Crippen LogP contribution >= 0.6 is 23.4 Å². The maximum absolute atomic E-state index is 14.3. The number of carbonyl (C=O) groups excluding carboxylic acids is 10. The van der Waals surface area contributed by atoms with Crippen molar-refractivity contribution in [3.8, 4) is 5.75 Å².